The highest BCUT2D eigenvalue weighted by molar-refractivity contribution is 5.86. The maximum atomic E-state index is 13.2. The summed E-state index contributed by atoms with van der Waals surface area (Å²) in [5.74, 6) is 0.0660. The SMILES string of the molecule is CC(C)(C)OC(=O)N1CCC(CCc2ccccc2)CC1C(=O)N(CCO)CCO. The van der Waals surface area contributed by atoms with Crippen molar-refractivity contribution in [2.24, 2.45) is 5.92 Å². The Labute approximate surface area is 179 Å². The van der Waals surface area contributed by atoms with Crippen LogP contribution < -0.4 is 0 Å². The van der Waals surface area contributed by atoms with Gasteiger partial charge >= 0.3 is 6.09 Å². The van der Waals surface area contributed by atoms with Crippen molar-refractivity contribution in [3.8, 4) is 0 Å². The van der Waals surface area contributed by atoms with Crippen LogP contribution in [-0.2, 0) is 16.0 Å². The number of nitrogens with zero attached hydrogens (tertiary/aromatic N) is 2. The summed E-state index contributed by atoms with van der Waals surface area (Å²) in [6.07, 6.45) is 2.75. The molecule has 1 aliphatic heterocycles. The molecule has 2 rings (SSSR count). The highest BCUT2D eigenvalue weighted by Crippen LogP contribution is 2.29. The number of carbonyl (C=O) groups excluding carboxylic acids is 2. The summed E-state index contributed by atoms with van der Waals surface area (Å²) in [5.41, 5.74) is 0.613. The summed E-state index contributed by atoms with van der Waals surface area (Å²) in [6, 6.07) is 9.59. The predicted molar refractivity (Wildman–Crippen MR) is 115 cm³/mol. The van der Waals surface area contributed by atoms with E-state index in [-0.39, 0.29) is 32.2 Å². The van der Waals surface area contributed by atoms with E-state index >= 15 is 0 Å². The number of hydrogen-bond donors (Lipinski definition) is 2. The second-order valence-electron chi connectivity index (χ2n) is 8.88. The van der Waals surface area contributed by atoms with Crippen LogP contribution in [0.4, 0.5) is 4.79 Å². The summed E-state index contributed by atoms with van der Waals surface area (Å²) < 4.78 is 5.54. The van der Waals surface area contributed by atoms with Gasteiger partial charge in [-0.2, -0.15) is 0 Å². The maximum Gasteiger partial charge on any atom is 0.410 e. The van der Waals surface area contributed by atoms with Gasteiger partial charge in [-0.05, 0) is 57.9 Å². The van der Waals surface area contributed by atoms with Crippen molar-refractivity contribution in [2.45, 2.75) is 58.1 Å². The highest BCUT2D eigenvalue weighted by Gasteiger charge is 2.39. The molecular weight excluding hydrogens is 384 g/mol. The van der Waals surface area contributed by atoms with Crippen molar-refractivity contribution in [3.05, 3.63) is 35.9 Å². The van der Waals surface area contributed by atoms with Gasteiger partial charge in [0.15, 0.2) is 0 Å². The van der Waals surface area contributed by atoms with E-state index in [9.17, 15) is 19.8 Å². The van der Waals surface area contributed by atoms with E-state index in [1.807, 2.05) is 18.2 Å². The summed E-state index contributed by atoms with van der Waals surface area (Å²) in [4.78, 5) is 29.0. The topological polar surface area (TPSA) is 90.3 Å². The minimum Gasteiger partial charge on any atom is -0.444 e. The van der Waals surface area contributed by atoms with Gasteiger partial charge in [0.25, 0.3) is 0 Å². The van der Waals surface area contributed by atoms with Crippen LogP contribution in [-0.4, -0.2) is 76.5 Å². The number of aliphatic hydroxyl groups is 2. The maximum absolute atomic E-state index is 13.2. The van der Waals surface area contributed by atoms with Gasteiger partial charge in [0.2, 0.25) is 5.91 Å². The number of ether oxygens (including phenoxy) is 1. The Hall–Kier alpha value is -2.12. The molecule has 1 aliphatic rings. The summed E-state index contributed by atoms with van der Waals surface area (Å²) in [6.45, 7) is 5.75. The minimum atomic E-state index is -0.648. The van der Waals surface area contributed by atoms with Crippen LogP contribution in [0.2, 0.25) is 0 Å². The van der Waals surface area contributed by atoms with Crippen LogP contribution in [0.1, 0.15) is 45.6 Å². The molecule has 0 saturated carbocycles. The molecule has 30 heavy (non-hydrogen) atoms. The van der Waals surface area contributed by atoms with Crippen LogP contribution in [0.3, 0.4) is 0 Å². The average Bonchev–Trinajstić information content (AvgIpc) is 2.71. The Balaban J connectivity index is 2.13. The molecule has 0 aromatic heterocycles. The van der Waals surface area contributed by atoms with Crippen molar-refractivity contribution in [2.75, 3.05) is 32.8 Å². The number of amides is 2. The number of likely N-dealkylation sites (tertiary alicyclic amines) is 1. The minimum absolute atomic E-state index is 0.132. The lowest BCUT2D eigenvalue weighted by Crippen LogP contribution is -2.56. The van der Waals surface area contributed by atoms with E-state index in [1.165, 1.54) is 15.4 Å². The number of aliphatic hydroxyl groups excluding tert-OH is 2. The van der Waals surface area contributed by atoms with Gasteiger partial charge in [0.05, 0.1) is 13.2 Å². The van der Waals surface area contributed by atoms with Crippen molar-refractivity contribution in [1.29, 1.82) is 0 Å². The van der Waals surface area contributed by atoms with Crippen LogP contribution >= 0.6 is 0 Å². The largest absolute Gasteiger partial charge is 0.444 e. The van der Waals surface area contributed by atoms with Crippen LogP contribution in [0.15, 0.2) is 30.3 Å². The van der Waals surface area contributed by atoms with Crippen LogP contribution in [0, 0.1) is 5.92 Å². The molecule has 1 heterocycles. The molecule has 2 N–H and O–H groups in total. The third-order valence-electron chi connectivity index (χ3n) is 5.36. The van der Waals surface area contributed by atoms with Gasteiger partial charge in [0, 0.05) is 19.6 Å². The third-order valence-corrected chi connectivity index (χ3v) is 5.36. The van der Waals surface area contributed by atoms with Crippen molar-refractivity contribution < 1.29 is 24.5 Å². The van der Waals surface area contributed by atoms with E-state index in [0.717, 1.165) is 19.3 Å². The number of aryl methyl sites for hydroxylation is 1. The molecule has 1 fully saturated rings. The molecule has 0 spiro atoms. The molecule has 1 aromatic carbocycles. The quantitative estimate of drug-likeness (QED) is 0.674. The molecule has 0 radical (unpaired) electrons. The Kier molecular flexibility index (Phi) is 9.11. The molecule has 0 bridgehead atoms. The van der Waals surface area contributed by atoms with Crippen LogP contribution in [0.5, 0.6) is 0 Å². The Morgan fingerprint density at radius 2 is 1.77 bits per heavy atom. The molecule has 1 aromatic rings. The summed E-state index contributed by atoms with van der Waals surface area (Å²) in [7, 11) is 0. The van der Waals surface area contributed by atoms with Gasteiger partial charge in [-0.25, -0.2) is 4.79 Å². The second-order valence-corrected chi connectivity index (χ2v) is 8.88. The van der Waals surface area contributed by atoms with Crippen molar-refractivity contribution >= 4 is 12.0 Å². The second kappa shape index (κ2) is 11.3. The van der Waals surface area contributed by atoms with E-state index in [2.05, 4.69) is 12.1 Å². The Morgan fingerprint density at radius 3 is 2.33 bits per heavy atom. The first-order chi connectivity index (χ1) is 14.2. The standard InChI is InChI=1S/C23H36N2O5/c1-23(2,3)30-22(29)25-12-11-19(10-9-18-7-5-4-6-8-18)17-20(25)21(28)24(13-15-26)14-16-27/h4-8,19-20,26-27H,9-17H2,1-3H3. The van der Waals surface area contributed by atoms with Gasteiger partial charge in [-0.1, -0.05) is 30.3 Å². The van der Waals surface area contributed by atoms with Gasteiger partial charge < -0.3 is 19.8 Å². The zero-order valence-electron chi connectivity index (χ0n) is 18.4. The normalized spacial score (nSPS) is 19.4. The van der Waals surface area contributed by atoms with E-state index in [1.54, 1.807) is 20.8 Å². The molecule has 2 unspecified atom stereocenters. The first-order valence-electron chi connectivity index (χ1n) is 10.8. The zero-order chi connectivity index (χ0) is 22.1. The van der Waals surface area contributed by atoms with Gasteiger partial charge in [-0.3, -0.25) is 9.69 Å². The number of piperidine rings is 1. The Bertz CT molecular complexity index is 668. The van der Waals surface area contributed by atoms with Crippen molar-refractivity contribution in [1.82, 2.24) is 9.80 Å². The fourth-order valence-electron chi connectivity index (χ4n) is 3.87. The smallest absolute Gasteiger partial charge is 0.410 e. The fraction of sp³-hybridized carbons (Fsp3) is 0.652. The summed E-state index contributed by atoms with van der Waals surface area (Å²) in [5, 5.41) is 18.6. The molecule has 0 aliphatic carbocycles. The number of hydrogen-bond acceptors (Lipinski definition) is 5. The lowest BCUT2D eigenvalue weighted by molar-refractivity contribution is -0.140. The third kappa shape index (κ3) is 7.29. The first kappa shape index (κ1) is 24.2. The first-order valence-corrected chi connectivity index (χ1v) is 10.8. The van der Waals surface area contributed by atoms with Gasteiger partial charge in [0.1, 0.15) is 11.6 Å². The average molecular weight is 421 g/mol. The molecular formula is C23H36N2O5. The molecule has 1 saturated heterocycles. The monoisotopic (exact) mass is 420 g/mol. The molecule has 7 nitrogen and oxygen atoms in total. The van der Waals surface area contributed by atoms with Crippen molar-refractivity contribution in [3.63, 3.8) is 0 Å². The highest BCUT2D eigenvalue weighted by atomic mass is 16.6. The zero-order valence-corrected chi connectivity index (χ0v) is 18.4. The Morgan fingerprint density at radius 1 is 1.13 bits per heavy atom. The molecule has 2 atom stereocenters. The van der Waals surface area contributed by atoms with E-state index in [4.69, 9.17) is 4.74 Å². The number of rotatable bonds is 8. The summed E-state index contributed by atoms with van der Waals surface area (Å²) >= 11 is 0. The van der Waals surface area contributed by atoms with Gasteiger partial charge in [-0.15, -0.1) is 0 Å². The van der Waals surface area contributed by atoms with E-state index in [0.29, 0.717) is 18.9 Å². The predicted octanol–water partition coefficient (Wildman–Crippen LogP) is 2.45. The molecule has 168 valence electrons. The molecule has 2 amide bonds. The lowest BCUT2D eigenvalue weighted by atomic mass is 9.86. The lowest BCUT2D eigenvalue weighted by Gasteiger charge is -2.41. The van der Waals surface area contributed by atoms with E-state index < -0.39 is 17.7 Å². The molecule has 7 heteroatoms. The fourth-order valence-corrected chi connectivity index (χ4v) is 3.87. The number of benzene rings is 1. The van der Waals surface area contributed by atoms with Crippen LogP contribution in [0.25, 0.3) is 0 Å². The number of carbonyl (C=O) groups is 2.